The van der Waals surface area contributed by atoms with Gasteiger partial charge in [-0.25, -0.2) is 0 Å². The molecule has 0 aromatic heterocycles. The molecule has 2 nitrogen and oxygen atoms in total. The van der Waals surface area contributed by atoms with Crippen molar-refractivity contribution in [3.05, 3.63) is 35.4 Å². The van der Waals surface area contributed by atoms with Crippen molar-refractivity contribution >= 4 is 0 Å². The molecule has 0 aliphatic carbocycles. The Bertz CT molecular complexity index is 370. The number of hydrogen-bond donors (Lipinski definition) is 1. The van der Waals surface area contributed by atoms with E-state index in [1.807, 2.05) is 7.05 Å². The van der Waals surface area contributed by atoms with Crippen molar-refractivity contribution in [2.24, 2.45) is 5.92 Å². The van der Waals surface area contributed by atoms with Crippen LogP contribution in [-0.4, -0.2) is 25.8 Å². The third kappa shape index (κ3) is 4.92. The molecule has 0 saturated heterocycles. The van der Waals surface area contributed by atoms with Crippen LogP contribution in [0.1, 0.15) is 51.7 Å². The zero-order valence-corrected chi connectivity index (χ0v) is 13.9. The van der Waals surface area contributed by atoms with E-state index in [2.05, 4.69) is 64.2 Å². The summed E-state index contributed by atoms with van der Waals surface area (Å²) in [7, 11) is 2.03. The largest absolute Gasteiger partial charge is 0.377 e. The molecule has 0 radical (unpaired) electrons. The Morgan fingerprint density at radius 1 is 1.05 bits per heavy atom. The molecular weight excluding hydrogens is 246 g/mol. The molecule has 20 heavy (non-hydrogen) atoms. The van der Waals surface area contributed by atoms with Crippen LogP contribution in [0.5, 0.6) is 0 Å². The van der Waals surface area contributed by atoms with Crippen LogP contribution in [0.2, 0.25) is 0 Å². The first-order valence-electron chi connectivity index (χ1n) is 7.87. The molecule has 0 bridgehead atoms. The maximum atomic E-state index is 5.93. The molecule has 0 heterocycles. The van der Waals surface area contributed by atoms with Gasteiger partial charge in [0.1, 0.15) is 0 Å². The first-order valence-corrected chi connectivity index (χ1v) is 7.87. The zero-order valence-electron chi connectivity index (χ0n) is 13.9. The van der Waals surface area contributed by atoms with E-state index in [0.717, 1.165) is 13.0 Å². The molecular formula is C18H31NO. The van der Waals surface area contributed by atoms with Gasteiger partial charge in [-0.1, -0.05) is 52.0 Å². The number of rotatable bonds is 8. The summed E-state index contributed by atoms with van der Waals surface area (Å²) in [6, 6.07) is 9.36. The Morgan fingerprint density at radius 2 is 1.65 bits per heavy atom. The van der Waals surface area contributed by atoms with Crippen LogP contribution in [0.3, 0.4) is 0 Å². The first kappa shape index (κ1) is 17.2. The molecule has 0 saturated carbocycles. The van der Waals surface area contributed by atoms with Crippen molar-refractivity contribution < 1.29 is 4.74 Å². The van der Waals surface area contributed by atoms with Crippen molar-refractivity contribution in [2.75, 3.05) is 13.7 Å². The van der Waals surface area contributed by atoms with E-state index in [4.69, 9.17) is 4.74 Å². The van der Waals surface area contributed by atoms with Crippen LogP contribution in [-0.2, 0) is 11.2 Å². The minimum atomic E-state index is 0.259. The van der Waals surface area contributed by atoms with Crippen LogP contribution >= 0.6 is 0 Å². The average Bonchev–Trinajstić information content (AvgIpc) is 2.42. The molecule has 2 unspecified atom stereocenters. The lowest BCUT2D eigenvalue weighted by molar-refractivity contribution is 0.00535. The maximum Gasteiger partial charge on any atom is 0.0753 e. The van der Waals surface area contributed by atoms with E-state index >= 15 is 0 Å². The van der Waals surface area contributed by atoms with Gasteiger partial charge in [0.15, 0.2) is 0 Å². The van der Waals surface area contributed by atoms with Gasteiger partial charge in [-0.05, 0) is 43.4 Å². The van der Waals surface area contributed by atoms with Gasteiger partial charge < -0.3 is 10.1 Å². The van der Waals surface area contributed by atoms with Gasteiger partial charge in [-0.2, -0.15) is 0 Å². The Morgan fingerprint density at radius 3 is 2.05 bits per heavy atom. The quantitative estimate of drug-likeness (QED) is 0.775. The number of hydrogen-bond acceptors (Lipinski definition) is 2. The summed E-state index contributed by atoms with van der Waals surface area (Å²) in [5, 5.41) is 3.43. The van der Waals surface area contributed by atoms with E-state index in [9.17, 15) is 0 Å². The Balaban J connectivity index is 2.76. The molecule has 0 spiro atoms. The average molecular weight is 277 g/mol. The van der Waals surface area contributed by atoms with Gasteiger partial charge in [0.25, 0.3) is 0 Å². The van der Waals surface area contributed by atoms with Gasteiger partial charge in [-0.15, -0.1) is 0 Å². The normalized spacial score (nSPS) is 14.8. The highest BCUT2D eigenvalue weighted by atomic mass is 16.5. The maximum absolute atomic E-state index is 5.93. The number of benzene rings is 1. The van der Waals surface area contributed by atoms with Crippen LogP contribution in [0, 0.1) is 5.92 Å². The molecule has 2 heteroatoms. The monoisotopic (exact) mass is 277 g/mol. The van der Waals surface area contributed by atoms with Gasteiger partial charge in [0.05, 0.1) is 6.10 Å². The van der Waals surface area contributed by atoms with Crippen LogP contribution in [0.4, 0.5) is 0 Å². The summed E-state index contributed by atoms with van der Waals surface area (Å²) >= 11 is 0. The standard InChI is InChI=1S/C18H31NO/c1-7-20-18(14(4)5)17(19-6)12-15-8-10-16(11-9-15)13(2)3/h8-11,13-14,17-19H,7,12H2,1-6H3. The van der Waals surface area contributed by atoms with E-state index in [1.165, 1.54) is 11.1 Å². The second-order valence-electron chi connectivity index (χ2n) is 6.16. The van der Waals surface area contributed by atoms with Gasteiger partial charge >= 0.3 is 0 Å². The molecule has 0 fully saturated rings. The summed E-state index contributed by atoms with van der Waals surface area (Å²) < 4.78 is 5.93. The van der Waals surface area contributed by atoms with Crippen molar-refractivity contribution in [3.8, 4) is 0 Å². The third-order valence-electron chi connectivity index (χ3n) is 3.89. The minimum Gasteiger partial charge on any atom is -0.377 e. The molecule has 0 aliphatic heterocycles. The first-order chi connectivity index (χ1) is 9.49. The van der Waals surface area contributed by atoms with Crippen LogP contribution in [0.25, 0.3) is 0 Å². The lowest BCUT2D eigenvalue weighted by atomic mass is 9.93. The van der Waals surface area contributed by atoms with Crippen molar-refractivity contribution in [1.82, 2.24) is 5.32 Å². The smallest absolute Gasteiger partial charge is 0.0753 e. The molecule has 1 rings (SSSR count). The minimum absolute atomic E-state index is 0.259. The SMILES string of the molecule is CCOC(C(C)C)C(Cc1ccc(C(C)C)cc1)NC. The summed E-state index contributed by atoms with van der Waals surface area (Å²) in [5.74, 6) is 1.11. The predicted octanol–water partition coefficient (Wildman–Crippen LogP) is 4.00. The lowest BCUT2D eigenvalue weighted by Crippen LogP contribution is -2.44. The van der Waals surface area contributed by atoms with Crippen molar-refractivity contribution in [1.29, 1.82) is 0 Å². The van der Waals surface area contributed by atoms with E-state index in [-0.39, 0.29) is 6.10 Å². The molecule has 1 aromatic carbocycles. The highest BCUT2D eigenvalue weighted by molar-refractivity contribution is 5.25. The number of ether oxygens (including phenoxy) is 1. The topological polar surface area (TPSA) is 21.3 Å². The van der Waals surface area contributed by atoms with Gasteiger partial charge in [0, 0.05) is 12.6 Å². The predicted molar refractivity (Wildman–Crippen MR) is 87.3 cm³/mol. The summed E-state index contributed by atoms with van der Waals surface area (Å²) in [6.45, 7) is 11.8. The van der Waals surface area contributed by atoms with E-state index in [0.29, 0.717) is 17.9 Å². The van der Waals surface area contributed by atoms with E-state index < -0.39 is 0 Å². The fourth-order valence-corrected chi connectivity index (χ4v) is 2.64. The Kier molecular flexibility index (Phi) is 7.25. The fraction of sp³-hybridized carbons (Fsp3) is 0.667. The van der Waals surface area contributed by atoms with Crippen molar-refractivity contribution in [2.45, 2.75) is 59.1 Å². The second-order valence-corrected chi connectivity index (χ2v) is 6.16. The number of likely N-dealkylation sites (N-methyl/N-ethyl adjacent to an activating group) is 1. The third-order valence-corrected chi connectivity index (χ3v) is 3.89. The van der Waals surface area contributed by atoms with Crippen molar-refractivity contribution in [3.63, 3.8) is 0 Å². The molecule has 0 amide bonds. The fourth-order valence-electron chi connectivity index (χ4n) is 2.64. The summed E-state index contributed by atoms with van der Waals surface area (Å²) in [6.07, 6.45) is 1.27. The number of nitrogens with one attached hydrogen (secondary N) is 1. The summed E-state index contributed by atoms with van der Waals surface area (Å²) in [5.41, 5.74) is 2.78. The molecule has 114 valence electrons. The lowest BCUT2D eigenvalue weighted by Gasteiger charge is -2.30. The highest BCUT2D eigenvalue weighted by Crippen LogP contribution is 2.18. The Labute approximate surface area is 124 Å². The summed E-state index contributed by atoms with van der Waals surface area (Å²) in [4.78, 5) is 0. The highest BCUT2D eigenvalue weighted by Gasteiger charge is 2.23. The van der Waals surface area contributed by atoms with E-state index in [1.54, 1.807) is 0 Å². The Hall–Kier alpha value is -0.860. The van der Waals surface area contributed by atoms with Crippen LogP contribution in [0.15, 0.2) is 24.3 Å². The molecule has 1 N–H and O–H groups in total. The van der Waals surface area contributed by atoms with Gasteiger partial charge in [-0.3, -0.25) is 0 Å². The molecule has 0 aliphatic rings. The molecule has 1 aromatic rings. The molecule has 2 atom stereocenters. The second kappa shape index (κ2) is 8.43. The van der Waals surface area contributed by atoms with Gasteiger partial charge in [0.2, 0.25) is 0 Å². The van der Waals surface area contributed by atoms with Crippen LogP contribution < -0.4 is 5.32 Å². The zero-order chi connectivity index (χ0) is 15.1.